The van der Waals surface area contributed by atoms with Crippen LogP contribution in [-0.2, 0) is 14.3 Å². The van der Waals surface area contributed by atoms with Gasteiger partial charge in [-0.25, -0.2) is 4.98 Å². The lowest BCUT2D eigenvalue weighted by Crippen LogP contribution is -2.35. The highest BCUT2D eigenvalue weighted by atomic mass is 16.5. The van der Waals surface area contributed by atoms with Gasteiger partial charge in [-0.05, 0) is 31.9 Å². The van der Waals surface area contributed by atoms with Crippen LogP contribution >= 0.6 is 0 Å². The molecular weight excluding hydrogens is 346 g/mol. The van der Waals surface area contributed by atoms with E-state index in [2.05, 4.69) is 9.97 Å². The van der Waals surface area contributed by atoms with Crippen LogP contribution in [-0.4, -0.2) is 39.3 Å². The van der Waals surface area contributed by atoms with Crippen LogP contribution in [0.15, 0.2) is 29.1 Å². The SMILES string of the molecule is C[C@H](OC(=O)[C@@H]1CC(=O)N(C2CCCC2)C1)c1nc2ccccc2c(=O)[nH]1. The molecular formula is C20H23N3O4. The summed E-state index contributed by atoms with van der Waals surface area (Å²) in [4.78, 5) is 46.0. The fourth-order valence-corrected chi connectivity index (χ4v) is 4.08. The Balaban J connectivity index is 1.45. The number of hydrogen-bond acceptors (Lipinski definition) is 5. The van der Waals surface area contributed by atoms with Gasteiger partial charge in [0.1, 0.15) is 0 Å². The molecule has 0 unspecified atom stereocenters. The van der Waals surface area contributed by atoms with Gasteiger partial charge in [0.2, 0.25) is 5.91 Å². The monoisotopic (exact) mass is 369 g/mol. The van der Waals surface area contributed by atoms with Gasteiger partial charge in [0.05, 0.1) is 16.8 Å². The van der Waals surface area contributed by atoms with E-state index < -0.39 is 18.0 Å². The van der Waals surface area contributed by atoms with Crippen molar-refractivity contribution in [1.82, 2.24) is 14.9 Å². The van der Waals surface area contributed by atoms with Crippen LogP contribution in [0.25, 0.3) is 10.9 Å². The average molecular weight is 369 g/mol. The molecule has 1 saturated heterocycles. The summed E-state index contributed by atoms with van der Waals surface area (Å²) in [5.74, 6) is -0.516. The second-order valence-electron chi connectivity index (χ2n) is 7.43. The molecule has 2 fully saturated rings. The van der Waals surface area contributed by atoms with Gasteiger partial charge in [-0.3, -0.25) is 14.4 Å². The number of carbonyl (C=O) groups excluding carboxylic acids is 2. The minimum atomic E-state index is -0.689. The number of para-hydroxylation sites is 1. The van der Waals surface area contributed by atoms with Crippen molar-refractivity contribution in [2.45, 2.75) is 51.2 Å². The maximum absolute atomic E-state index is 12.6. The van der Waals surface area contributed by atoms with Crippen LogP contribution in [0.5, 0.6) is 0 Å². The summed E-state index contributed by atoms with van der Waals surface area (Å²) in [6.45, 7) is 2.10. The van der Waals surface area contributed by atoms with Crippen LogP contribution in [0.4, 0.5) is 0 Å². The van der Waals surface area contributed by atoms with Gasteiger partial charge in [-0.15, -0.1) is 0 Å². The van der Waals surface area contributed by atoms with Crippen molar-refractivity contribution in [3.63, 3.8) is 0 Å². The molecule has 2 aliphatic rings. The average Bonchev–Trinajstić information content (AvgIpc) is 3.31. The Bertz CT molecular complexity index is 932. The van der Waals surface area contributed by atoms with Gasteiger partial charge >= 0.3 is 5.97 Å². The van der Waals surface area contributed by atoms with E-state index in [-0.39, 0.29) is 23.9 Å². The highest BCUT2D eigenvalue weighted by Crippen LogP contribution is 2.30. The smallest absolute Gasteiger partial charge is 0.311 e. The second kappa shape index (κ2) is 7.13. The molecule has 2 atom stereocenters. The Labute approximate surface area is 156 Å². The topological polar surface area (TPSA) is 92.4 Å². The van der Waals surface area contributed by atoms with Crippen molar-refractivity contribution in [1.29, 1.82) is 0 Å². The number of H-pyrrole nitrogens is 1. The zero-order valence-electron chi connectivity index (χ0n) is 15.3. The van der Waals surface area contributed by atoms with Crippen LogP contribution < -0.4 is 5.56 Å². The van der Waals surface area contributed by atoms with Crippen molar-refractivity contribution in [3.05, 3.63) is 40.4 Å². The molecule has 2 heterocycles. The van der Waals surface area contributed by atoms with E-state index in [1.165, 1.54) is 0 Å². The maximum atomic E-state index is 12.6. The number of hydrogen-bond donors (Lipinski definition) is 1. The van der Waals surface area contributed by atoms with Crippen molar-refractivity contribution in [2.24, 2.45) is 5.92 Å². The van der Waals surface area contributed by atoms with E-state index in [9.17, 15) is 14.4 Å². The molecule has 1 amide bonds. The van der Waals surface area contributed by atoms with E-state index in [0.29, 0.717) is 23.3 Å². The largest absolute Gasteiger partial charge is 0.454 e. The third kappa shape index (κ3) is 3.46. The van der Waals surface area contributed by atoms with Gasteiger partial charge in [0.15, 0.2) is 11.9 Å². The minimum absolute atomic E-state index is 0.0359. The number of amides is 1. The highest BCUT2D eigenvalue weighted by molar-refractivity contribution is 5.87. The number of nitrogens with zero attached hydrogens (tertiary/aromatic N) is 2. The van der Waals surface area contributed by atoms with Gasteiger partial charge in [-0.2, -0.15) is 0 Å². The van der Waals surface area contributed by atoms with E-state index in [4.69, 9.17) is 4.74 Å². The fourth-order valence-electron chi connectivity index (χ4n) is 4.08. The predicted molar refractivity (Wildman–Crippen MR) is 98.9 cm³/mol. The number of rotatable bonds is 4. The number of nitrogens with one attached hydrogen (secondary N) is 1. The summed E-state index contributed by atoms with van der Waals surface area (Å²) >= 11 is 0. The summed E-state index contributed by atoms with van der Waals surface area (Å²) in [5.41, 5.74) is 0.296. The van der Waals surface area contributed by atoms with Gasteiger partial charge in [0, 0.05) is 19.0 Å². The molecule has 1 aliphatic heterocycles. The number of carbonyl (C=O) groups is 2. The Morgan fingerprint density at radius 3 is 2.78 bits per heavy atom. The minimum Gasteiger partial charge on any atom is -0.454 e. The van der Waals surface area contributed by atoms with E-state index in [1.54, 1.807) is 31.2 Å². The molecule has 4 rings (SSSR count). The van der Waals surface area contributed by atoms with Crippen molar-refractivity contribution in [3.8, 4) is 0 Å². The first-order valence-electron chi connectivity index (χ1n) is 9.52. The zero-order chi connectivity index (χ0) is 19.0. The quantitative estimate of drug-likeness (QED) is 0.835. The molecule has 1 N–H and O–H groups in total. The molecule has 1 aliphatic carbocycles. The fraction of sp³-hybridized carbons (Fsp3) is 0.500. The van der Waals surface area contributed by atoms with Crippen LogP contribution in [0.1, 0.15) is 51.0 Å². The maximum Gasteiger partial charge on any atom is 0.311 e. The molecule has 1 saturated carbocycles. The van der Waals surface area contributed by atoms with E-state index in [1.807, 2.05) is 4.90 Å². The van der Waals surface area contributed by atoms with Crippen molar-refractivity contribution in [2.75, 3.05) is 6.54 Å². The lowest BCUT2D eigenvalue weighted by molar-refractivity contribution is -0.153. The summed E-state index contributed by atoms with van der Waals surface area (Å²) in [6, 6.07) is 7.29. The van der Waals surface area contributed by atoms with Gasteiger partial charge in [0.25, 0.3) is 5.56 Å². The Hall–Kier alpha value is -2.70. The van der Waals surface area contributed by atoms with Crippen molar-refractivity contribution >= 4 is 22.8 Å². The number of esters is 1. The number of benzene rings is 1. The number of likely N-dealkylation sites (tertiary alicyclic amines) is 1. The molecule has 7 nitrogen and oxygen atoms in total. The summed E-state index contributed by atoms with van der Waals surface area (Å²) < 4.78 is 5.53. The molecule has 0 spiro atoms. The molecule has 27 heavy (non-hydrogen) atoms. The first kappa shape index (κ1) is 17.7. The molecule has 1 aromatic heterocycles. The first-order valence-corrected chi connectivity index (χ1v) is 9.52. The molecule has 0 bridgehead atoms. The predicted octanol–water partition coefficient (Wildman–Crippen LogP) is 2.32. The van der Waals surface area contributed by atoms with Gasteiger partial charge in [-0.1, -0.05) is 25.0 Å². The van der Waals surface area contributed by atoms with E-state index in [0.717, 1.165) is 25.7 Å². The Kier molecular flexibility index (Phi) is 4.68. The molecule has 1 aromatic carbocycles. The van der Waals surface area contributed by atoms with Crippen LogP contribution in [0.2, 0.25) is 0 Å². The van der Waals surface area contributed by atoms with Gasteiger partial charge < -0.3 is 14.6 Å². The Morgan fingerprint density at radius 1 is 1.26 bits per heavy atom. The number of fused-ring (bicyclic) bond motifs is 1. The van der Waals surface area contributed by atoms with Crippen LogP contribution in [0.3, 0.4) is 0 Å². The Morgan fingerprint density at radius 2 is 2.00 bits per heavy atom. The van der Waals surface area contributed by atoms with Crippen LogP contribution in [0, 0.1) is 5.92 Å². The summed E-state index contributed by atoms with van der Waals surface area (Å²) in [5, 5.41) is 0.494. The third-order valence-electron chi connectivity index (χ3n) is 5.57. The molecule has 7 heteroatoms. The summed E-state index contributed by atoms with van der Waals surface area (Å²) in [7, 11) is 0. The summed E-state index contributed by atoms with van der Waals surface area (Å²) in [6.07, 6.45) is 3.83. The molecule has 0 radical (unpaired) electrons. The lowest BCUT2D eigenvalue weighted by Gasteiger charge is -2.24. The second-order valence-corrected chi connectivity index (χ2v) is 7.43. The van der Waals surface area contributed by atoms with Crippen molar-refractivity contribution < 1.29 is 14.3 Å². The number of ether oxygens (including phenoxy) is 1. The molecule has 2 aromatic rings. The number of aromatic amines is 1. The zero-order valence-corrected chi connectivity index (χ0v) is 15.3. The van der Waals surface area contributed by atoms with E-state index >= 15 is 0 Å². The highest BCUT2D eigenvalue weighted by Gasteiger charge is 2.40. The standard InChI is InChI=1S/C20H23N3O4/c1-12(18-21-16-9-5-4-8-15(16)19(25)22-18)27-20(26)13-10-17(24)23(11-13)14-6-2-3-7-14/h4-5,8-9,12-14H,2-3,6-7,10-11H2,1H3,(H,21,22,25)/t12-,13+/m0/s1. The third-order valence-corrected chi connectivity index (χ3v) is 5.57. The first-order chi connectivity index (χ1) is 13.0. The molecule has 142 valence electrons. The normalized spacial score (nSPS) is 21.7. The number of aromatic nitrogens is 2. The lowest BCUT2D eigenvalue weighted by atomic mass is 10.1.